The number of esters is 1. The molecule has 1 aliphatic heterocycles. The van der Waals surface area contributed by atoms with Crippen LogP contribution in [0.2, 0.25) is 0 Å². The number of rotatable bonds is 6. The van der Waals surface area contributed by atoms with Crippen molar-refractivity contribution in [1.29, 1.82) is 0 Å². The Bertz CT molecular complexity index is 1380. The number of nitrogens with one attached hydrogen (secondary N) is 1. The van der Waals surface area contributed by atoms with Gasteiger partial charge in [-0.2, -0.15) is 0 Å². The zero-order chi connectivity index (χ0) is 26.6. The molecule has 1 fully saturated rings. The predicted molar refractivity (Wildman–Crippen MR) is 147 cm³/mol. The van der Waals surface area contributed by atoms with Gasteiger partial charge in [0.2, 0.25) is 5.91 Å². The first-order valence-corrected chi connectivity index (χ1v) is 13.0. The molecular formula is C31H31N3O4. The molecule has 1 heterocycles. The van der Waals surface area contributed by atoms with Crippen LogP contribution in [0, 0.1) is 0 Å². The third kappa shape index (κ3) is 5.09. The van der Waals surface area contributed by atoms with Crippen molar-refractivity contribution in [2.45, 2.75) is 44.1 Å². The highest BCUT2D eigenvalue weighted by molar-refractivity contribution is 6.24. The third-order valence-electron chi connectivity index (χ3n) is 7.46. The number of nitrogens with zero attached hydrogens (tertiary/aromatic N) is 2. The maximum absolute atomic E-state index is 13.2. The Morgan fingerprint density at radius 1 is 0.895 bits per heavy atom. The number of hydrogen-bond acceptors (Lipinski definition) is 5. The zero-order valence-corrected chi connectivity index (χ0v) is 21.6. The van der Waals surface area contributed by atoms with Gasteiger partial charge in [0.1, 0.15) is 5.92 Å². The normalized spacial score (nSPS) is 17.5. The quantitative estimate of drug-likeness (QED) is 0.339. The van der Waals surface area contributed by atoms with E-state index in [1.807, 2.05) is 54.4 Å². The molecule has 1 aliphatic carbocycles. The molecule has 3 aromatic carbocycles. The van der Waals surface area contributed by atoms with Crippen LogP contribution in [0.5, 0.6) is 0 Å². The molecule has 0 bridgehead atoms. The summed E-state index contributed by atoms with van der Waals surface area (Å²) in [5, 5.41) is 2.89. The number of amides is 2. The van der Waals surface area contributed by atoms with Gasteiger partial charge in [-0.15, -0.1) is 0 Å². The van der Waals surface area contributed by atoms with Gasteiger partial charge >= 0.3 is 5.97 Å². The van der Waals surface area contributed by atoms with Crippen LogP contribution in [0.4, 0.5) is 11.4 Å². The van der Waals surface area contributed by atoms with Gasteiger partial charge in [0.05, 0.1) is 24.1 Å². The molecule has 194 valence electrons. The fourth-order valence-electron chi connectivity index (χ4n) is 5.34. The van der Waals surface area contributed by atoms with Gasteiger partial charge in [0, 0.05) is 24.3 Å². The number of methoxy groups -OCH3 is 1. The van der Waals surface area contributed by atoms with Crippen LogP contribution >= 0.6 is 0 Å². The van der Waals surface area contributed by atoms with Crippen molar-refractivity contribution in [2.75, 3.05) is 19.5 Å². The van der Waals surface area contributed by atoms with Crippen molar-refractivity contribution in [3.63, 3.8) is 0 Å². The van der Waals surface area contributed by atoms with E-state index in [4.69, 9.17) is 9.73 Å². The molecular weight excluding hydrogens is 478 g/mol. The lowest BCUT2D eigenvalue weighted by molar-refractivity contribution is -0.115. The Morgan fingerprint density at radius 2 is 1.58 bits per heavy atom. The largest absolute Gasteiger partial charge is 0.465 e. The standard InChI is InChI=1S/C31H31N3O4/c1-34(24-11-7-4-8-12-24)30(36)21-13-16-23(17-14-21)32-28(20-9-5-3-6-10-20)27-25-18-15-22(31(37)38-2)19-26(25)33-29(27)35/h3,5-6,9-10,13-19,24,27H,4,7-8,11-12H2,1-2H3,(H,33,35). The molecule has 0 spiro atoms. The first-order valence-electron chi connectivity index (χ1n) is 13.0. The van der Waals surface area contributed by atoms with Crippen molar-refractivity contribution < 1.29 is 19.1 Å². The molecule has 7 nitrogen and oxygen atoms in total. The Labute approximate surface area is 222 Å². The van der Waals surface area contributed by atoms with Crippen molar-refractivity contribution >= 4 is 34.9 Å². The van der Waals surface area contributed by atoms with E-state index in [0.717, 1.165) is 24.0 Å². The van der Waals surface area contributed by atoms with E-state index in [1.165, 1.54) is 26.4 Å². The second-order valence-corrected chi connectivity index (χ2v) is 9.83. The van der Waals surface area contributed by atoms with Crippen LogP contribution in [0.1, 0.15) is 69.9 Å². The number of carbonyl (C=O) groups excluding carboxylic acids is 3. The molecule has 0 saturated heterocycles. The highest BCUT2D eigenvalue weighted by Gasteiger charge is 2.36. The van der Waals surface area contributed by atoms with E-state index < -0.39 is 11.9 Å². The number of anilines is 1. The van der Waals surface area contributed by atoms with Crippen LogP contribution in [0.15, 0.2) is 77.8 Å². The van der Waals surface area contributed by atoms with E-state index in [2.05, 4.69) is 5.32 Å². The molecule has 1 N–H and O–H groups in total. The predicted octanol–water partition coefficient (Wildman–Crippen LogP) is 5.73. The third-order valence-corrected chi connectivity index (χ3v) is 7.46. The molecule has 0 aromatic heterocycles. The summed E-state index contributed by atoms with van der Waals surface area (Å²) in [5.41, 5.74) is 4.35. The van der Waals surface area contributed by atoms with Gasteiger partial charge in [-0.25, -0.2) is 4.79 Å². The maximum atomic E-state index is 13.2. The number of benzene rings is 3. The van der Waals surface area contributed by atoms with Gasteiger partial charge < -0.3 is 15.0 Å². The van der Waals surface area contributed by atoms with Gasteiger partial charge in [0.25, 0.3) is 5.91 Å². The second kappa shape index (κ2) is 11.0. The van der Waals surface area contributed by atoms with Crippen molar-refractivity contribution in [3.8, 4) is 0 Å². The first kappa shape index (κ1) is 25.4. The molecule has 2 aliphatic rings. The minimum atomic E-state index is -0.655. The Hall–Kier alpha value is -4.26. The Balaban J connectivity index is 1.47. The Kier molecular flexibility index (Phi) is 7.36. The summed E-state index contributed by atoms with van der Waals surface area (Å²) >= 11 is 0. The summed E-state index contributed by atoms with van der Waals surface area (Å²) in [5.74, 6) is -1.32. The Morgan fingerprint density at radius 3 is 2.26 bits per heavy atom. The van der Waals surface area contributed by atoms with Crippen LogP contribution in [0.25, 0.3) is 0 Å². The molecule has 3 aromatic rings. The van der Waals surface area contributed by atoms with Crippen LogP contribution in [0.3, 0.4) is 0 Å². The van der Waals surface area contributed by atoms with Gasteiger partial charge in [-0.1, -0.05) is 55.7 Å². The van der Waals surface area contributed by atoms with E-state index in [9.17, 15) is 14.4 Å². The monoisotopic (exact) mass is 509 g/mol. The zero-order valence-electron chi connectivity index (χ0n) is 21.6. The molecule has 0 radical (unpaired) electrons. The fraction of sp³-hybridized carbons (Fsp3) is 0.290. The van der Waals surface area contributed by atoms with Gasteiger partial charge in [0.15, 0.2) is 0 Å². The minimum absolute atomic E-state index is 0.0150. The van der Waals surface area contributed by atoms with E-state index >= 15 is 0 Å². The van der Waals surface area contributed by atoms with Crippen molar-refractivity contribution in [2.24, 2.45) is 4.99 Å². The summed E-state index contributed by atoms with van der Waals surface area (Å²) in [7, 11) is 3.21. The highest BCUT2D eigenvalue weighted by Crippen LogP contribution is 2.37. The molecule has 2 amide bonds. The van der Waals surface area contributed by atoms with Crippen LogP contribution in [-0.2, 0) is 9.53 Å². The lowest BCUT2D eigenvalue weighted by Crippen LogP contribution is -2.38. The van der Waals surface area contributed by atoms with Crippen LogP contribution < -0.4 is 5.32 Å². The summed E-state index contributed by atoms with van der Waals surface area (Å²) in [6.07, 6.45) is 5.68. The summed E-state index contributed by atoms with van der Waals surface area (Å²) < 4.78 is 4.82. The van der Waals surface area contributed by atoms with Gasteiger partial charge in [-0.3, -0.25) is 14.6 Å². The number of fused-ring (bicyclic) bond motifs is 1. The molecule has 1 atom stereocenters. The molecule has 38 heavy (non-hydrogen) atoms. The second-order valence-electron chi connectivity index (χ2n) is 9.83. The van der Waals surface area contributed by atoms with Crippen molar-refractivity contribution in [1.82, 2.24) is 4.90 Å². The fourth-order valence-corrected chi connectivity index (χ4v) is 5.34. The highest BCUT2D eigenvalue weighted by atomic mass is 16.5. The summed E-state index contributed by atoms with van der Waals surface area (Å²) in [4.78, 5) is 45.1. The van der Waals surface area contributed by atoms with Gasteiger partial charge in [-0.05, 0) is 60.4 Å². The number of ether oxygens (including phenoxy) is 1. The number of aliphatic imine (C=N–C) groups is 1. The molecule has 1 saturated carbocycles. The first-order chi connectivity index (χ1) is 18.5. The number of hydrogen-bond donors (Lipinski definition) is 1. The average molecular weight is 510 g/mol. The van der Waals surface area contributed by atoms with Crippen LogP contribution in [-0.4, -0.2) is 48.6 Å². The smallest absolute Gasteiger partial charge is 0.337 e. The SMILES string of the molecule is COC(=O)c1ccc2c(c1)NC(=O)C2C(=Nc1ccc(C(=O)N(C)C2CCCCC2)cc1)c1ccccc1. The van der Waals surface area contributed by atoms with E-state index in [-0.39, 0.29) is 11.8 Å². The van der Waals surface area contributed by atoms with E-state index in [1.54, 1.807) is 30.3 Å². The summed E-state index contributed by atoms with van der Waals surface area (Å²) in [6.45, 7) is 0. The minimum Gasteiger partial charge on any atom is -0.465 e. The molecule has 7 heteroatoms. The average Bonchev–Trinajstić information content (AvgIpc) is 3.30. The number of carbonyl (C=O) groups is 3. The lowest BCUT2D eigenvalue weighted by Gasteiger charge is -2.31. The van der Waals surface area contributed by atoms with Crippen molar-refractivity contribution in [3.05, 3.63) is 95.1 Å². The summed E-state index contributed by atoms with van der Waals surface area (Å²) in [6, 6.07) is 22.1. The topological polar surface area (TPSA) is 88.1 Å². The lowest BCUT2D eigenvalue weighted by atomic mass is 9.90. The molecule has 5 rings (SSSR count). The molecule has 1 unspecified atom stereocenters. The maximum Gasteiger partial charge on any atom is 0.337 e. The van der Waals surface area contributed by atoms with E-state index in [0.29, 0.717) is 34.3 Å².